The molecule has 2 heterocycles. The van der Waals surface area contributed by atoms with E-state index in [1.165, 1.54) is 16.1 Å². The van der Waals surface area contributed by atoms with Crippen LogP contribution in [0, 0.1) is 0 Å². The van der Waals surface area contributed by atoms with E-state index < -0.39 is 0 Å². The molecule has 2 aliphatic heterocycles. The van der Waals surface area contributed by atoms with Crippen LogP contribution >= 0.6 is 11.8 Å². The molecule has 2 aliphatic rings. The van der Waals surface area contributed by atoms with Crippen LogP contribution in [0.1, 0.15) is 18.4 Å². The normalized spacial score (nSPS) is 19.4. The van der Waals surface area contributed by atoms with Gasteiger partial charge in [0.15, 0.2) is 0 Å². The standard InChI is InChI=1S/C23H29N3OS/c27-23(22-18-19-8-4-5-11-21(19)28-22)24-12-6-7-13-25-14-16-26(17-15-25)20-9-2-1-3-10-20/h1-5,8-11,22H,6-7,12-18H2,(H,24,27). The van der Waals surface area contributed by atoms with Gasteiger partial charge in [0.1, 0.15) is 0 Å². The minimum atomic E-state index is 0.0449. The fourth-order valence-corrected chi connectivity index (χ4v) is 5.20. The van der Waals surface area contributed by atoms with Crippen molar-refractivity contribution in [2.45, 2.75) is 29.4 Å². The second-order valence-corrected chi connectivity index (χ2v) is 8.83. The molecule has 1 amide bonds. The third-order valence-corrected chi connectivity index (χ3v) is 6.95. The fraction of sp³-hybridized carbons (Fsp3) is 0.435. The van der Waals surface area contributed by atoms with Crippen LogP contribution in [0.5, 0.6) is 0 Å². The van der Waals surface area contributed by atoms with Crippen LogP contribution in [-0.2, 0) is 11.2 Å². The van der Waals surface area contributed by atoms with Crippen molar-refractivity contribution in [3.05, 3.63) is 60.2 Å². The summed E-state index contributed by atoms with van der Waals surface area (Å²) in [5.74, 6) is 0.192. The molecule has 28 heavy (non-hydrogen) atoms. The Morgan fingerprint density at radius 1 is 0.964 bits per heavy atom. The van der Waals surface area contributed by atoms with Crippen molar-refractivity contribution in [2.75, 3.05) is 44.2 Å². The highest BCUT2D eigenvalue weighted by Gasteiger charge is 2.27. The first-order valence-electron chi connectivity index (χ1n) is 10.3. The van der Waals surface area contributed by atoms with Gasteiger partial charge in [-0.05, 0) is 49.6 Å². The van der Waals surface area contributed by atoms with E-state index in [1.54, 1.807) is 11.8 Å². The summed E-state index contributed by atoms with van der Waals surface area (Å²) in [5, 5.41) is 3.18. The fourth-order valence-electron chi connectivity index (χ4n) is 3.98. The van der Waals surface area contributed by atoms with E-state index in [-0.39, 0.29) is 11.2 Å². The summed E-state index contributed by atoms with van der Waals surface area (Å²) in [4.78, 5) is 18.7. The number of piperazine rings is 1. The second kappa shape index (κ2) is 9.48. The van der Waals surface area contributed by atoms with Crippen LogP contribution < -0.4 is 10.2 Å². The Labute approximate surface area is 172 Å². The van der Waals surface area contributed by atoms with Crippen LogP contribution in [0.3, 0.4) is 0 Å². The Morgan fingerprint density at radius 2 is 1.71 bits per heavy atom. The number of benzene rings is 2. The van der Waals surface area contributed by atoms with E-state index in [4.69, 9.17) is 0 Å². The maximum atomic E-state index is 12.4. The molecule has 1 saturated heterocycles. The summed E-state index contributed by atoms with van der Waals surface area (Å²) in [7, 11) is 0. The topological polar surface area (TPSA) is 35.6 Å². The molecule has 0 aliphatic carbocycles. The summed E-state index contributed by atoms with van der Waals surface area (Å²) in [6.07, 6.45) is 3.05. The Bertz CT molecular complexity index is 749. The van der Waals surface area contributed by atoms with Crippen molar-refractivity contribution in [1.82, 2.24) is 10.2 Å². The van der Waals surface area contributed by atoms with Gasteiger partial charge >= 0.3 is 0 Å². The molecular weight excluding hydrogens is 366 g/mol. The predicted octanol–water partition coefficient (Wildman–Crippen LogP) is 3.42. The predicted molar refractivity (Wildman–Crippen MR) is 117 cm³/mol. The summed E-state index contributed by atoms with van der Waals surface area (Å²) in [5.41, 5.74) is 2.64. The Hall–Kier alpha value is -1.98. The first-order valence-corrected chi connectivity index (χ1v) is 11.2. The quantitative estimate of drug-likeness (QED) is 0.729. The van der Waals surface area contributed by atoms with Gasteiger partial charge in [0.05, 0.1) is 5.25 Å². The minimum absolute atomic E-state index is 0.0449. The maximum absolute atomic E-state index is 12.4. The number of carbonyl (C=O) groups is 1. The van der Waals surface area contributed by atoms with E-state index >= 15 is 0 Å². The first kappa shape index (κ1) is 19.3. The maximum Gasteiger partial charge on any atom is 0.233 e. The number of carbonyl (C=O) groups excluding carboxylic acids is 1. The number of nitrogens with zero attached hydrogens (tertiary/aromatic N) is 2. The Balaban J connectivity index is 1.09. The summed E-state index contributed by atoms with van der Waals surface area (Å²) >= 11 is 1.70. The Morgan fingerprint density at radius 3 is 2.50 bits per heavy atom. The van der Waals surface area contributed by atoms with Crippen LogP contribution in [0.25, 0.3) is 0 Å². The Kier molecular flexibility index (Phi) is 6.55. The second-order valence-electron chi connectivity index (χ2n) is 7.58. The van der Waals surface area contributed by atoms with Crippen LogP contribution in [0.15, 0.2) is 59.5 Å². The zero-order chi connectivity index (χ0) is 19.2. The molecule has 0 saturated carbocycles. The van der Waals surface area contributed by atoms with Crippen LogP contribution in [0.2, 0.25) is 0 Å². The number of nitrogens with one attached hydrogen (secondary N) is 1. The molecule has 0 spiro atoms. The highest BCUT2D eigenvalue weighted by molar-refractivity contribution is 8.01. The van der Waals surface area contributed by atoms with E-state index in [0.717, 1.165) is 58.5 Å². The van der Waals surface area contributed by atoms with Crippen molar-refractivity contribution in [2.24, 2.45) is 0 Å². The van der Waals surface area contributed by atoms with Gasteiger partial charge in [0, 0.05) is 43.3 Å². The SMILES string of the molecule is O=C(NCCCCN1CCN(c2ccccc2)CC1)C1Cc2ccccc2S1. The lowest BCUT2D eigenvalue weighted by Gasteiger charge is -2.36. The number of anilines is 1. The zero-order valence-electron chi connectivity index (χ0n) is 16.3. The molecule has 0 bridgehead atoms. The monoisotopic (exact) mass is 395 g/mol. The number of unbranched alkanes of at least 4 members (excludes halogenated alkanes) is 1. The third kappa shape index (κ3) is 4.89. The number of hydrogen-bond donors (Lipinski definition) is 1. The molecule has 148 valence electrons. The zero-order valence-corrected chi connectivity index (χ0v) is 17.2. The molecule has 4 rings (SSSR count). The number of thioether (sulfide) groups is 1. The lowest BCUT2D eigenvalue weighted by Crippen LogP contribution is -2.46. The van der Waals surface area contributed by atoms with E-state index in [2.05, 4.69) is 63.6 Å². The van der Waals surface area contributed by atoms with Crippen molar-refractivity contribution in [3.63, 3.8) is 0 Å². The molecule has 2 aromatic carbocycles. The number of hydrogen-bond acceptors (Lipinski definition) is 4. The molecule has 1 N–H and O–H groups in total. The van der Waals surface area contributed by atoms with Crippen molar-refractivity contribution in [1.29, 1.82) is 0 Å². The summed E-state index contributed by atoms with van der Waals surface area (Å²) in [6, 6.07) is 19.0. The van der Waals surface area contributed by atoms with Gasteiger partial charge in [0.2, 0.25) is 5.91 Å². The molecule has 0 aromatic heterocycles. The van der Waals surface area contributed by atoms with Crippen LogP contribution in [0.4, 0.5) is 5.69 Å². The van der Waals surface area contributed by atoms with Gasteiger partial charge in [-0.2, -0.15) is 0 Å². The summed E-state index contributed by atoms with van der Waals surface area (Å²) < 4.78 is 0. The van der Waals surface area contributed by atoms with E-state index in [0.29, 0.717) is 0 Å². The van der Waals surface area contributed by atoms with Gasteiger partial charge in [-0.3, -0.25) is 9.69 Å². The average molecular weight is 396 g/mol. The van der Waals surface area contributed by atoms with E-state index in [1.807, 2.05) is 6.07 Å². The number of para-hydroxylation sites is 1. The van der Waals surface area contributed by atoms with Crippen molar-refractivity contribution < 1.29 is 4.79 Å². The number of rotatable bonds is 7. The van der Waals surface area contributed by atoms with Crippen molar-refractivity contribution in [3.8, 4) is 0 Å². The van der Waals surface area contributed by atoms with Gasteiger partial charge in [-0.15, -0.1) is 11.8 Å². The third-order valence-electron chi connectivity index (χ3n) is 5.63. The molecule has 1 unspecified atom stereocenters. The highest BCUT2D eigenvalue weighted by Crippen LogP contribution is 2.36. The molecule has 4 nitrogen and oxygen atoms in total. The smallest absolute Gasteiger partial charge is 0.233 e. The molecule has 1 atom stereocenters. The lowest BCUT2D eigenvalue weighted by molar-refractivity contribution is -0.120. The molecular formula is C23H29N3OS. The lowest BCUT2D eigenvalue weighted by atomic mass is 10.1. The summed E-state index contributed by atoms with van der Waals surface area (Å²) in [6.45, 7) is 6.36. The molecule has 5 heteroatoms. The van der Waals surface area contributed by atoms with Crippen LogP contribution in [-0.4, -0.2) is 55.3 Å². The van der Waals surface area contributed by atoms with Gasteiger partial charge in [-0.1, -0.05) is 36.4 Å². The van der Waals surface area contributed by atoms with Gasteiger partial charge in [0.25, 0.3) is 0 Å². The molecule has 2 aromatic rings. The number of fused-ring (bicyclic) bond motifs is 1. The van der Waals surface area contributed by atoms with Gasteiger partial charge < -0.3 is 10.2 Å². The van der Waals surface area contributed by atoms with E-state index in [9.17, 15) is 4.79 Å². The molecule has 1 fully saturated rings. The first-order chi connectivity index (χ1) is 13.8. The van der Waals surface area contributed by atoms with Crippen molar-refractivity contribution >= 4 is 23.4 Å². The van der Waals surface area contributed by atoms with Gasteiger partial charge in [-0.25, -0.2) is 0 Å². The largest absolute Gasteiger partial charge is 0.369 e. The minimum Gasteiger partial charge on any atom is -0.369 e. The number of amides is 1. The molecule has 0 radical (unpaired) electrons. The highest BCUT2D eigenvalue weighted by atomic mass is 32.2. The average Bonchev–Trinajstić information content (AvgIpc) is 3.19.